The molecule has 0 atom stereocenters. The monoisotopic (exact) mass is 377 g/mol. The van der Waals surface area contributed by atoms with Gasteiger partial charge in [0.25, 0.3) is 0 Å². The summed E-state index contributed by atoms with van der Waals surface area (Å²) in [5, 5.41) is 12.2. The van der Waals surface area contributed by atoms with Gasteiger partial charge in [0, 0.05) is 29.0 Å². The predicted octanol–water partition coefficient (Wildman–Crippen LogP) is 4.15. The largest absolute Gasteiger partial charge is 0.494 e. The molecule has 0 saturated heterocycles. The molecule has 0 aliphatic heterocycles. The van der Waals surface area contributed by atoms with Crippen LogP contribution in [0.2, 0.25) is 0 Å². The average molecular weight is 377 g/mol. The van der Waals surface area contributed by atoms with Crippen molar-refractivity contribution in [2.45, 2.75) is 32.8 Å². The minimum Gasteiger partial charge on any atom is -0.494 e. The molecule has 2 rings (SSSR count). The van der Waals surface area contributed by atoms with Crippen molar-refractivity contribution in [3.8, 4) is 5.75 Å². The Morgan fingerprint density at radius 2 is 1.92 bits per heavy atom. The van der Waals surface area contributed by atoms with Crippen molar-refractivity contribution in [1.82, 2.24) is 0 Å². The Bertz CT molecular complexity index is 768. The molecule has 0 amide bonds. The van der Waals surface area contributed by atoms with E-state index in [2.05, 4.69) is 0 Å². The Hall–Kier alpha value is -2.74. The quantitative estimate of drug-likeness (QED) is 0.267. The maximum Gasteiger partial charge on any atom is 0.324 e. The molecule has 1 aromatic heterocycles. The lowest BCUT2D eigenvalue weighted by Crippen LogP contribution is -2.08. The number of esters is 1. The second-order valence-corrected chi connectivity index (χ2v) is 6.40. The topological polar surface area (TPSA) is 95.7 Å². The predicted molar refractivity (Wildman–Crippen MR) is 96.6 cm³/mol. The number of ketones is 1. The van der Waals surface area contributed by atoms with Gasteiger partial charge in [0.05, 0.1) is 18.0 Å². The van der Waals surface area contributed by atoms with Crippen LogP contribution in [0.3, 0.4) is 0 Å². The third kappa shape index (κ3) is 5.96. The van der Waals surface area contributed by atoms with E-state index in [1.807, 2.05) is 6.92 Å². The second kappa shape index (κ2) is 9.67. The molecule has 0 N–H and O–H groups in total. The van der Waals surface area contributed by atoms with E-state index in [1.165, 1.54) is 6.07 Å². The highest BCUT2D eigenvalue weighted by atomic mass is 32.1. The molecule has 8 heteroatoms. The molecule has 1 heterocycles. The summed E-state index contributed by atoms with van der Waals surface area (Å²) >= 11 is 0.976. The summed E-state index contributed by atoms with van der Waals surface area (Å²) in [6, 6.07) is 8.16. The summed E-state index contributed by atoms with van der Waals surface area (Å²) < 4.78 is 10.5. The Morgan fingerprint density at radius 3 is 2.54 bits per heavy atom. The molecular formula is C18H19NO6S. The van der Waals surface area contributed by atoms with Gasteiger partial charge >= 0.3 is 11.0 Å². The second-order valence-electron chi connectivity index (χ2n) is 5.51. The molecule has 0 aliphatic rings. The van der Waals surface area contributed by atoms with Gasteiger partial charge in [-0.1, -0.05) is 18.3 Å². The minimum atomic E-state index is -0.518. The van der Waals surface area contributed by atoms with Crippen LogP contribution in [-0.2, 0) is 16.1 Å². The first kappa shape index (κ1) is 19.6. The zero-order valence-corrected chi connectivity index (χ0v) is 15.1. The Labute approximate surface area is 154 Å². The van der Waals surface area contributed by atoms with E-state index in [4.69, 9.17) is 9.47 Å². The van der Waals surface area contributed by atoms with E-state index in [0.717, 1.165) is 17.8 Å². The van der Waals surface area contributed by atoms with Crippen LogP contribution in [0, 0.1) is 10.1 Å². The molecule has 26 heavy (non-hydrogen) atoms. The van der Waals surface area contributed by atoms with E-state index < -0.39 is 10.9 Å². The van der Waals surface area contributed by atoms with Gasteiger partial charge < -0.3 is 9.47 Å². The van der Waals surface area contributed by atoms with Crippen molar-refractivity contribution >= 4 is 28.1 Å². The number of ether oxygens (including phenoxy) is 2. The van der Waals surface area contributed by atoms with Gasteiger partial charge in [-0.15, -0.1) is 0 Å². The first-order chi connectivity index (χ1) is 12.5. The van der Waals surface area contributed by atoms with Crippen molar-refractivity contribution in [3.63, 3.8) is 0 Å². The highest BCUT2D eigenvalue weighted by Crippen LogP contribution is 2.23. The zero-order chi connectivity index (χ0) is 18.9. The van der Waals surface area contributed by atoms with Gasteiger partial charge in [-0.25, -0.2) is 0 Å². The van der Waals surface area contributed by atoms with Crippen LogP contribution >= 0.6 is 11.3 Å². The fourth-order valence-corrected chi connectivity index (χ4v) is 2.80. The number of Topliss-reactive ketones (excluding diaryl/α,β-unsaturated/α-hetero) is 1. The SMILES string of the molecule is CCCOc1ccc(C(=O)CCC(=O)OCc2csc([N+](=O)[O-])c2)cc1. The number of carbonyl (C=O) groups excluding carboxylic acids is 2. The standard InChI is InChI=1S/C18H19NO6S/c1-2-9-24-15-5-3-14(4-6-15)16(20)7-8-18(21)25-11-13-10-17(19(22)23)26-12-13/h3-6,10,12H,2,7-9,11H2,1H3. The van der Waals surface area contributed by atoms with Crippen molar-refractivity contribution in [3.05, 3.63) is 57.0 Å². The number of benzene rings is 1. The molecule has 0 radical (unpaired) electrons. The Kier molecular flexibility index (Phi) is 7.28. The molecular weight excluding hydrogens is 358 g/mol. The third-order valence-electron chi connectivity index (χ3n) is 3.43. The number of rotatable bonds is 10. The number of nitrogens with zero attached hydrogens (tertiary/aromatic N) is 1. The molecule has 0 aliphatic carbocycles. The van der Waals surface area contributed by atoms with E-state index in [9.17, 15) is 19.7 Å². The summed E-state index contributed by atoms with van der Waals surface area (Å²) in [5.41, 5.74) is 1.07. The van der Waals surface area contributed by atoms with Gasteiger partial charge in [-0.05, 0) is 30.7 Å². The van der Waals surface area contributed by atoms with Crippen molar-refractivity contribution in [1.29, 1.82) is 0 Å². The number of thiophene rings is 1. The van der Waals surface area contributed by atoms with Gasteiger partial charge in [-0.3, -0.25) is 19.7 Å². The fourth-order valence-electron chi connectivity index (χ4n) is 2.09. The lowest BCUT2D eigenvalue weighted by Gasteiger charge is -2.06. The van der Waals surface area contributed by atoms with Crippen LogP contribution in [0.25, 0.3) is 0 Å². The van der Waals surface area contributed by atoms with Crippen LogP contribution in [0.15, 0.2) is 35.7 Å². The summed E-state index contributed by atoms with van der Waals surface area (Å²) in [7, 11) is 0. The molecule has 2 aromatic rings. The maximum atomic E-state index is 12.1. The average Bonchev–Trinajstić information content (AvgIpc) is 3.12. The van der Waals surface area contributed by atoms with Crippen LogP contribution in [0.4, 0.5) is 5.00 Å². The third-order valence-corrected chi connectivity index (χ3v) is 4.35. The van der Waals surface area contributed by atoms with E-state index in [0.29, 0.717) is 23.5 Å². The smallest absolute Gasteiger partial charge is 0.324 e. The van der Waals surface area contributed by atoms with Gasteiger partial charge in [0.15, 0.2) is 5.78 Å². The number of nitro groups is 1. The first-order valence-corrected chi connectivity index (χ1v) is 9.01. The van der Waals surface area contributed by atoms with E-state index in [-0.39, 0.29) is 30.2 Å². The van der Waals surface area contributed by atoms with Crippen molar-refractivity contribution < 1.29 is 24.0 Å². The van der Waals surface area contributed by atoms with Gasteiger partial charge in [0.1, 0.15) is 12.4 Å². The minimum absolute atomic E-state index is 0.00223. The lowest BCUT2D eigenvalue weighted by atomic mass is 10.1. The van der Waals surface area contributed by atoms with E-state index >= 15 is 0 Å². The van der Waals surface area contributed by atoms with E-state index in [1.54, 1.807) is 29.6 Å². The highest BCUT2D eigenvalue weighted by molar-refractivity contribution is 7.13. The molecule has 0 fully saturated rings. The van der Waals surface area contributed by atoms with Crippen LogP contribution in [0.1, 0.15) is 42.1 Å². The summed E-state index contributed by atoms with van der Waals surface area (Å²) in [6.45, 7) is 2.59. The lowest BCUT2D eigenvalue weighted by molar-refractivity contribution is -0.380. The molecule has 138 valence electrons. The highest BCUT2D eigenvalue weighted by Gasteiger charge is 2.13. The molecule has 0 bridgehead atoms. The summed E-state index contributed by atoms with van der Waals surface area (Å²) in [4.78, 5) is 34.0. The van der Waals surface area contributed by atoms with Crippen LogP contribution in [0.5, 0.6) is 5.75 Å². The normalized spacial score (nSPS) is 10.3. The molecule has 0 saturated carbocycles. The fraction of sp³-hybridized carbons (Fsp3) is 0.333. The maximum absolute atomic E-state index is 12.1. The number of hydrogen-bond donors (Lipinski definition) is 0. The molecule has 1 aromatic carbocycles. The molecule has 0 unspecified atom stereocenters. The summed E-state index contributed by atoms with van der Waals surface area (Å²) in [6.07, 6.45) is 0.901. The van der Waals surface area contributed by atoms with Gasteiger partial charge in [-0.2, -0.15) is 0 Å². The number of hydrogen-bond acceptors (Lipinski definition) is 7. The summed E-state index contributed by atoms with van der Waals surface area (Å²) in [5.74, 6) is 0.0259. The molecule has 0 spiro atoms. The van der Waals surface area contributed by atoms with Crippen molar-refractivity contribution in [2.24, 2.45) is 0 Å². The zero-order valence-electron chi connectivity index (χ0n) is 14.3. The number of carbonyl (C=O) groups is 2. The van der Waals surface area contributed by atoms with Gasteiger partial charge in [0.2, 0.25) is 0 Å². The van der Waals surface area contributed by atoms with Crippen LogP contribution in [-0.4, -0.2) is 23.3 Å². The molecule has 7 nitrogen and oxygen atoms in total. The Balaban J connectivity index is 1.75. The Morgan fingerprint density at radius 1 is 1.19 bits per heavy atom. The van der Waals surface area contributed by atoms with Crippen LogP contribution < -0.4 is 4.74 Å². The van der Waals surface area contributed by atoms with Crippen molar-refractivity contribution in [2.75, 3.05) is 6.61 Å². The first-order valence-electron chi connectivity index (χ1n) is 8.13.